The molecule has 1 heterocycles. The highest BCUT2D eigenvalue weighted by atomic mass is 32.3. The van der Waals surface area contributed by atoms with Gasteiger partial charge in [-0.2, -0.15) is 8.42 Å². The standard InChI is InChI=1S/C52H83NO12S/c1-2-3-4-5-6-7-8-9-10-17-28-37-44(62-47(56)38-29-18-13-11-15-22-31-42-33-24-20-25-34-42)40-46(55)53-49-51(50(65-66(59,60)61)45(41-54)63-52(49)58)64-48(57)39-30-19-14-12-16-23-32-43-35-26-21-27-36-43/h20-21,24-27,33-36,44-45,49-52,54,58H,2-19,22-23,28-32,37-41H2,1H3,(H,53,55)(H,59,60,61)/t44-,45+,49+,50+,51+,52?/m0/s1. The predicted molar refractivity (Wildman–Crippen MR) is 257 cm³/mol. The van der Waals surface area contributed by atoms with Crippen molar-refractivity contribution in [3.8, 4) is 0 Å². The van der Waals surface area contributed by atoms with E-state index in [0.717, 1.165) is 103 Å². The van der Waals surface area contributed by atoms with Gasteiger partial charge >= 0.3 is 22.3 Å². The number of amides is 1. The van der Waals surface area contributed by atoms with Crippen molar-refractivity contribution < 1.29 is 56.0 Å². The number of rotatable bonds is 38. The fraction of sp³-hybridized carbons (Fsp3) is 0.712. The summed E-state index contributed by atoms with van der Waals surface area (Å²) in [6.45, 7) is 1.36. The minimum atomic E-state index is -5.17. The minimum Gasteiger partial charge on any atom is -0.462 e. The Balaban J connectivity index is 1.55. The number of hydrogen-bond acceptors (Lipinski definition) is 11. The quantitative estimate of drug-likeness (QED) is 0.0283. The van der Waals surface area contributed by atoms with Gasteiger partial charge < -0.3 is 29.7 Å². The first-order valence-corrected chi connectivity index (χ1v) is 26.7. The Morgan fingerprint density at radius 1 is 0.636 bits per heavy atom. The molecule has 14 heteroatoms. The fourth-order valence-corrected chi connectivity index (χ4v) is 9.18. The molecule has 1 aliphatic rings. The van der Waals surface area contributed by atoms with Crippen molar-refractivity contribution in [3.05, 3.63) is 71.8 Å². The molecule has 0 saturated carbocycles. The van der Waals surface area contributed by atoms with Gasteiger partial charge in [0, 0.05) is 12.8 Å². The van der Waals surface area contributed by atoms with Crippen molar-refractivity contribution in [1.29, 1.82) is 0 Å². The molecule has 13 nitrogen and oxygen atoms in total. The maximum atomic E-state index is 13.7. The molecule has 1 fully saturated rings. The molecule has 0 aromatic heterocycles. The van der Waals surface area contributed by atoms with Crippen LogP contribution in [0, 0.1) is 0 Å². The number of carbonyl (C=O) groups excluding carboxylic acids is 3. The molecule has 374 valence electrons. The van der Waals surface area contributed by atoms with Crippen molar-refractivity contribution in [3.63, 3.8) is 0 Å². The average Bonchev–Trinajstić information content (AvgIpc) is 3.29. The number of aliphatic hydroxyl groups excluding tert-OH is 2. The first kappa shape index (κ1) is 56.9. The highest BCUT2D eigenvalue weighted by Crippen LogP contribution is 2.28. The van der Waals surface area contributed by atoms with E-state index in [1.807, 2.05) is 24.3 Å². The molecular weight excluding hydrogens is 863 g/mol. The van der Waals surface area contributed by atoms with Gasteiger partial charge in [0.05, 0.1) is 13.0 Å². The lowest BCUT2D eigenvalue weighted by molar-refractivity contribution is -0.254. The molecule has 6 atom stereocenters. The zero-order valence-electron chi connectivity index (χ0n) is 39.9. The molecule has 2 aromatic carbocycles. The van der Waals surface area contributed by atoms with Crippen LogP contribution in [0.4, 0.5) is 0 Å². The molecule has 3 rings (SSSR count). The van der Waals surface area contributed by atoms with E-state index in [0.29, 0.717) is 19.3 Å². The topological polar surface area (TPSA) is 195 Å². The van der Waals surface area contributed by atoms with Crippen LogP contribution in [0.25, 0.3) is 0 Å². The zero-order chi connectivity index (χ0) is 47.7. The molecule has 1 aliphatic heterocycles. The van der Waals surface area contributed by atoms with Crippen LogP contribution >= 0.6 is 0 Å². The van der Waals surface area contributed by atoms with Gasteiger partial charge in [-0.05, 0) is 62.5 Å². The summed E-state index contributed by atoms with van der Waals surface area (Å²) in [6, 6.07) is 19.2. The molecule has 0 aliphatic carbocycles. The second-order valence-electron chi connectivity index (χ2n) is 18.1. The Labute approximate surface area is 396 Å². The Kier molecular flexibility index (Phi) is 30.0. The molecule has 1 amide bonds. The van der Waals surface area contributed by atoms with Gasteiger partial charge in [0.15, 0.2) is 12.4 Å². The minimum absolute atomic E-state index is 0.0359. The Morgan fingerprint density at radius 2 is 1.09 bits per heavy atom. The summed E-state index contributed by atoms with van der Waals surface area (Å²) < 4.78 is 55.4. The molecule has 1 saturated heterocycles. The second kappa shape index (κ2) is 34.8. The molecule has 1 unspecified atom stereocenters. The number of aryl methyl sites for hydroxylation is 2. The zero-order valence-corrected chi connectivity index (χ0v) is 40.7. The van der Waals surface area contributed by atoms with Crippen molar-refractivity contribution in [2.24, 2.45) is 0 Å². The highest BCUT2D eigenvalue weighted by Gasteiger charge is 2.50. The van der Waals surface area contributed by atoms with E-state index in [-0.39, 0.29) is 19.3 Å². The van der Waals surface area contributed by atoms with E-state index in [9.17, 15) is 37.6 Å². The second-order valence-corrected chi connectivity index (χ2v) is 19.2. The van der Waals surface area contributed by atoms with Crippen molar-refractivity contribution in [2.75, 3.05) is 6.61 Å². The number of ether oxygens (including phenoxy) is 3. The predicted octanol–water partition coefficient (Wildman–Crippen LogP) is 10.2. The van der Waals surface area contributed by atoms with Crippen LogP contribution in [0.15, 0.2) is 60.7 Å². The largest absolute Gasteiger partial charge is 0.462 e. The van der Waals surface area contributed by atoms with Crippen molar-refractivity contribution in [2.45, 2.75) is 230 Å². The maximum Gasteiger partial charge on any atom is 0.397 e. The van der Waals surface area contributed by atoms with Gasteiger partial charge in [0.25, 0.3) is 0 Å². The third kappa shape index (κ3) is 26.2. The summed E-state index contributed by atoms with van der Waals surface area (Å²) in [7, 11) is -5.17. The third-order valence-electron chi connectivity index (χ3n) is 12.4. The van der Waals surface area contributed by atoms with Crippen molar-refractivity contribution in [1.82, 2.24) is 5.32 Å². The summed E-state index contributed by atoms with van der Waals surface area (Å²) >= 11 is 0. The lowest BCUT2D eigenvalue weighted by atomic mass is 9.96. The van der Waals surface area contributed by atoms with E-state index in [1.54, 1.807) is 0 Å². The van der Waals surface area contributed by atoms with Crippen LogP contribution in [0.2, 0.25) is 0 Å². The van der Waals surface area contributed by atoms with E-state index in [4.69, 9.17) is 18.4 Å². The monoisotopic (exact) mass is 946 g/mol. The number of aliphatic hydroxyl groups is 2. The smallest absolute Gasteiger partial charge is 0.397 e. The molecule has 0 spiro atoms. The normalized spacial score (nSPS) is 19.0. The summed E-state index contributed by atoms with van der Waals surface area (Å²) in [4.78, 5) is 40.1. The van der Waals surface area contributed by atoms with Crippen LogP contribution < -0.4 is 5.32 Å². The number of benzene rings is 2. The average molecular weight is 946 g/mol. The molecule has 0 bridgehead atoms. The third-order valence-corrected chi connectivity index (χ3v) is 12.9. The number of nitrogens with one attached hydrogen (secondary N) is 1. The van der Waals surface area contributed by atoms with Crippen LogP contribution in [0.3, 0.4) is 0 Å². The number of carbonyl (C=O) groups is 3. The lowest BCUT2D eigenvalue weighted by Gasteiger charge is -2.43. The Morgan fingerprint density at radius 3 is 1.58 bits per heavy atom. The number of esters is 2. The van der Waals surface area contributed by atoms with E-state index in [2.05, 4.69) is 48.6 Å². The van der Waals surface area contributed by atoms with E-state index < -0.39 is 71.6 Å². The number of unbranched alkanes of at least 4 members (excludes halogenated alkanes) is 20. The lowest BCUT2D eigenvalue weighted by Crippen LogP contribution is -2.66. The first-order valence-electron chi connectivity index (χ1n) is 25.3. The molecule has 2 aromatic rings. The summed E-state index contributed by atoms with van der Waals surface area (Å²) in [6.07, 6.45) is 18.4. The van der Waals surface area contributed by atoms with Crippen LogP contribution in [-0.2, 0) is 56.0 Å². The van der Waals surface area contributed by atoms with Gasteiger partial charge in [-0.1, -0.05) is 183 Å². The van der Waals surface area contributed by atoms with Crippen LogP contribution in [0.1, 0.15) is 191 Å². The molecule has 66 heavy (non-hydrogen) atoms. The van der Waals surface area contributed by atoms with Gasteiger partial charge in [0.1, 0.15) is 24.4 Å². The molecular formula is C52H83NO12S. The van der Waals surface area contributed by atoms with Crippen LogP contribution in [0.5, 0.6) is 0 Å². The highest BCUT2D eigenvalue weighted by molar-refractivity contribution is 7.80. The van der Waals surface area contributed by atoms with E-state index >= 15 is 0 Å². The maximum absolute atomic E-state index is 13.7. The molecule has 4 N–H and O–H groups in total. The van der Waals surface area contributed by atoms with Gasteiger partial charge in [-0.25, -0.2) is 4.18 Å². The Bertz CT molecular complexity index is 1680. The summed E-state index contributed by atoms with van der Waals surface area (Å²) in [5.41, 5.74) is 2.64. The van der Waals surface area contributed by atoms with Gasteiger partial charge in [0.2, 0.25) is 5.91 Å². The van der Waals surface area contributed by atoms with Crippen LogP contribution in [-0.4, -0.2) is 84.4 Å². The summed E-state index contributed by atoms with van der Waals surface area (Å²) in [5.74, 6) is -1.80. The Hall–Kier alpha value is -3.40. The SMILES string of the molecule is CCCCCCCCCCCCC[C@@H](CC(=O)N[C@H]1C(O)O[C@H](CO)[C@@H](OS(=O)(=O)O)[C@@H]1OC(=O)CCCCCCCCc1ccccc1)OC(=O)CCCCCCCCc1ccccc1. The number of hydrogen-bond donors (Lipinski definition) is 4. The van der Waals surface area contributed by atoms with Gasteiger partial charge in [-0.15, -0.1) is 0 Å². The summed E-state index contributed by atoms with van der Waals surface area (Å²) in [5, 5.41) is 23.7. The fourth-order valence-electron chi connectivity index (χ4n) is 8.66. The van der Waals surface area contributed by atoms with E-state index in [1.165, 1.54) is 56.1 Å². The van der Waals surface area contributed by atoms with Crippen molar-refractivity contribution >= 4 is 28.2 Å². The van der Waals surface area contributed by atoms with Gasteiger partial charge in [-0.3, -0.25) is 18.9 Å². The first-order chi connectivity index (χ1) is 32.0. The molecule has 0 radical (unpaired) electrons.